The van der Waals surface area contributed by atoms with E-state index in [0.29, 0.717) is 0 Å². The summed E-state index contributed by atoms with van der Waals surface area (Å²) >= 11 is 0. The quantitative estimate of drug-likeness (QED) is 0.467. The first-order chi connectivity index (χ1) is 5.81. The Balaban J connectivity index is 2.00. The highest BCUT2D eigenvalue weighted by atomic mass is 15.4. The highest BCUT2D eigenvalue weighted by molar-refractivity contribution is 6.40. The maximum Gasteiger partial charge on any atom is 0.131 e. The number of hydrogen-bond acceptors (Lipinski definition) is 2. The molecular weight excluding hydrogens is 147 g/mol. The van der Waals surface area contributed by atoms with E-state index in [2.05, 4.69) is 11.9 Å². The Morgan fingerprint density at radius 1 is 1.50 bits per heavy atom. The molecule has 2 N–H and O–H groups in total. The second-order valence-corrected chi connectivity index (χ2v) is 4.47. The molecule has 3 atom stereocenters. The molecule has 0 spiro atoms. The summed E-state index contributed by atoms with van der Waals surface area (Å²) in [5, 5.41) is 2.12. The Morgan fingerprint density at radius 2 is 2.33 bits per heavy atom. The molecule has 1 heterocycles. The topological polar surface area (TPSA) is 29.3 Å². The van der Waals surface area contributed by atoms with Crippen molar-refractivity contribution in [3.05, 3.63) is 0 Å². The smallest absolute Gasteiger partial charge is 0.131 e. The first-order valence-corrected chi connectivity index (χ1v) is 5.32. The van der Waals surface area contributed by atoms with Gasteiger partial charge >= 0.3 is 0 Å². The van der Waals surface area contributed by atoms with E-state index < -0.39 is 0 Å². The van der Waals surface area contributed by atoms with E-state index >= 15 is 0 Å². The lowest BCUT2D eigenvalue weighted by Gasteiger charge is -2.38. The Bertz CT molecular complexity index is 163. The summed E-state index contributed by atoms with van der Waals surface area (Å²) in [6, 6.07) is 0.729. The van der Waals surface area contributed by atoms with Gasteiger partial charge in [-0.2, -0.15) is 0 Å². The Hall–Kier alpha value is -0.0151. The third-order valence-electron chi connectivity index (χ3n) is 3.73. The number of nitrogens with zero attached hydrogens (tertiary/aromatic N) is 1. The summed E-state index contributed by atoms with van der Waals surface area (Å²) in [5.74, 6) is 7.81. The fourth-order valence-electron chi connectivity index (χ4n) is 2.96. The zero-order chi connectivity index (χ0) is 8.55. The summed E-state index contributed by atoms with van der Waals surface area (Å²) in [4.78, 5) is 0. The van der Waals surface area contributed by atoms with E-state index in [-0.39, 0.29) is 0 Å². The van der Waals surface area contributed by atoms with E-state index in [9.17, 15) is 0 Å². The van der Waals surface area contributed by atoms with Crippen LogP contribution in [0.3, 0.4) is 0 Å². The molecule has 2 fully saturated rings. The maximum absolute atomic E-state index is 6.02. The number of hydrazine groups is 1. The lowest BCUT2D eigenvalue weighted by molar-refractivity contribution is 0.185. The van der Waals surface area contributed by atoms with Gasteiger partial charge < -0.3 is 0 Å². The molecule has 0 aromatic heterocycles. The minimum absolute atomic E-state index is 0.729. The van der Waals surface area contributed by atoms with E-state index in [1.807, 2.05) is 0 Å². The minimum atomic E-state index is 0.729. The Kier molecular flexibility index (Phi) is 2.42. The molecule has 1 saturated carbocycles. The standard InChI is InChI=1S/C9H19BN2/c1-2-7-6-12(11)9-5-3-4-8(9)10-7/h7-10H,2-6,11H2,1H3. The molecule has 2 rings (SSSR count). The second-order valence-electron chi connectivity index (χ2n) is 4.47. The SMILES string of the molecule is CCC1BC2CCCC2N(N)C1. The molecule has 0 radical (unpaired) electrons. The molecule has 1 aliphatic carbocycles. The lowest BCUT2D eigenvalue weighted by atomic mass is 9.50. The van der Waals surface area contributed by atoms with Crippen molar-refractivity contribution in [1.29, 1.82) is 0 Å². The molecule has 1 aliphatic heterocycles. The molecule has 12 heavy (non-hydrogen) atoms. The molecule has 68 valence electrons. The van der Waals surface area contributed by atoms with Gasteiger partial charge in [0.15, 0.2) is 0 Å². The average Bonchev–Trinajstić information content (AvgIpc) is 2.52. The van der Waals surface area contributed by atoms with Crippen LogP contribution >= 0.6 is 0 Å². The molecule has 1 saturated heterocycles. The van der Waals surface area contributed by atoms with Crippen molar-refractivity contribution < 1.29 is 0 Å². The van der Waals surface area contributed by atoms with Crippen LogP contribution in [0.4, 0.5) is 0 Å². The number of hydrogen-bond donors (Lipinski definition) is 1. The largest absolute Gasteiger partial charge is 0.269 e. The third kappa shape index (κ3) is 1.40. The molecule has 3 heteroatoms. The lowest BCUT2D eigenvalue weighted by Crippen LogP contribution is -2.49. The van der Waals surface area contributed by atoms with Crippen molar-refractivity contribution in [1.82, 2.24) is 5.01 Å². The van der Waals surface area contributed by atoms with Gasteiger partial charge in [-0.3, -0.25) is 5.84 Å². The fraction of sp³-hybridized carbons (Fsp3) is 1.00. The molecule has 0 bridgehead atoms. The van der Waals surface area contributed by atoms with Gasteiger partial charge in [-0.1, -0.05) is 32.0 Å². The van der Waals surface area contributed by atoms with E-state index in [0.717, 1.165) is 24.2 Å². The van der Waals surface area contributed by atoms with E-state index in [1.165, 1.54) is 33.0 Å². The van der Waals surface area contributed by atoms with Gasteiger partial charge in [-0.05, 0) is 12.2 Å². The number of nitrogens with two attached hydrogens (primary N) is 1. The van der Waals surface area contributed by atoms with Crippen molar-refractivity contribution >= 4 is 7.28 Å². The predicted octanol–water partition coefficient (Wildman–Crippen LogP) is 1.15. The van der Waals surface area contributed by atoms with Crippen LogP contribution in [-0.2, 0) is 0 Å². The zero-order valence-corrected chi connectivity index (χ0v) is 8.00. The van der Waals surface area contributed by atoms with Crippen molar-refractivity contribution in [2.75, 3.05) is 6.54 Å². The van der Waals surface area contributed by atoms with Crippen LogP contribution in [0.2, 0.25) is 11.6 Å². The van der Waals surface area contributed by atoms with Gasteiger partial charge in [0.2, 0.25) is 0 Å². The highest BCUT2D eigenvalue weighted by Crippen LogP contribution is 2.39. The van der Waals surface area contributed by atoms with Gasteiger partial charge in [0, 0.05) is 12.6 Å². The van der Waals surface area contributed by atoms with Gasteiger partial charge in [-0.25, -0.2) is 5.01 Å². The minimum Gasteiger partial charge on any atom is -0.269 e. The van der Waals surface area contributed by atoms with Crippen LogP contribution in [0.1, 0.15) is 32.6 Å². The van der Waals surface area contributed by atoms with Crippen molar-refractivity contribution in [3.8, 4) is 0 Å². The van der Waals surface area contributed by atoms with Crippen LogP contribution in [-0.4, -0.2) is 24.9 Å². The Morgan fingerprint density at radius 3 is 3.08 bits per heavy atom. The summed E-state index contributed by atoms with van der Waals surface area (Å²) < 4.78 is 0. The normalized spacial score (nSPS) is 42.3. The van der Waals surface area contributed by atoms with Gasteiger partial charge in [0.1, 0.15) is 7.28 Å². The summed E-state index contributed by atoms with van der Waals surface area (Å²) in [6.07, 6.45) is 5.48. The van der Waals surface area contributed by atoms with Crippen LogP contribution < -0.4 is 5.84 Å². The molecule has 2 aliphatic rings. The highest BCUT2D eigenvalue weighted by Gasteiger charge is 2.37. The zero-order valence-electron chi connectivity index (χ0n) is 8.00. The van der Waals surface area contributed by atoms with Crippen molar-refractivity contribution in [3.63, 3.8) is 0 Å². The monoisotopic (exact) mass is 166 g/mol. The molecule has 3 unspecified atom stereocenters. The van der Waals surface area contributed by atoms with Crippen LogP contribution in [0.5, 0.6) is 0 Å². The Labute approximate surface area is 75.7 Å². The van der Waals surface area contributed by atoms with Crippen LogP contribution in [0.15, 0.2) is 0 Å². The maximum atomic E-state index is 6.02. The second kappa shape index (κ2) is 3.39. The fourth-order valence-corrected chi connectivity index (χ4v) is 2.96. The summed E-state index contributed by atoms with van der Waals surface area (Å²) in [7, 11) is 1.44. The molecule has 0 amide bonds. The first-order valence-electron chi connectivity index (χ1n) is 5.32. The summed E-state index contributed by atoms with van der Waals surface area (Å²) in [6.45, 7) is 3.42. The van der Waals surface area contributed by atoms with Gasteiger partial charge in [0.05, 0.1) is 0 Å². The van der Waals surface area contributed by atoms with E-state index in [4.69, 9.17) is 5.84 Å². The van der Waals surface area contributed by atoms with Crippen molar-refractivity contribution in [2.24, 2.45) is 5.84 Å². The van der Waals surface area contributed by atoms with Gasteiger partial charge in [0.25, 0.3) is 0 Å². The third-order valence-corrected chi connectivity index (χ3v) is 3.73. The average molecular weight is 166 g/mol. The predicted molar refractivity (Wildman–Crippen MR) is 53.5 cm³/mol. The molecule has 0 aromatic rings. The van der Waals surface area contributed by atoms with Crippen LogP contribution in [0, 0.1) is 0 Å². The first kappa shape index (κ1) is 8.58. The molecule has 0 aromatic carbocycles. The van der Waals surface area contributed by atoms with E-state index in [1.54, 1.807) is 0 Å². The number of fused-ring (bicyclic) bond motifs is 1. The van der Waals surface area contributed by atoms with Gasteiger partial charge in [-0.15, -0.1) is 0 Å². The number of rotatable bonds is 1. The summed E-state index contributed by atoms with van der Waals surface area (Å²) in [5.41, 5.74) is 0. The molecular formula is C9H19BN2. The molecule has 2 nitrogen and oxygen atoms in total. The van der Waals surface area contributed by atoms with Crippen LogP contribution in [0.25, 0.3) is 0 Å². The van der Waals surface area contributed by atoms with Crippen molar-refractivity contribution in [2.45, 2.75) is 50.3 Å².